The summed E-state index contributed by atoms with van der Waals surface area (Å²) < 4.78 is 0. The minimum Gasteiger partial charge on any atom is -0.350 e. The Morgan fingerprint density at radius 3 is 2.48 bits per heavy atom. The van der Waals surface area contributed by atoms with E-state index in [1.54, 1.807) is 0 Å². The molecule has 0 saturated carbocycles. The number of thioether (sulfide) groups is 1. The number of carbonyl (C=O) groups is 1. The number of anilines is 1. The molecule has 1 fully saturated rings. The van der Waals surface area contributed by atoms with E-state index in [0.29, 0.717) is 12.6 Å². The van der Waals surface area contributed by atoms with Crippen LogP contribution in [-0.2, 0) is 10.2 Å². The van der Waals surface area contributed by atoms with Gasteiger partial charge in [0.05, 0.1) is 0 Å². The van der Waals surface area contributed by atoms with Crippen molar-refractivity contribution in [3.8, 4) is 0 Å². The molecular weight excluding hydrogens is 353 g/mol. The van der Waals surface area contributed by atoms with Crippen LogP contribution < -0.4 is 4.90 Å². The Balaban J connectivity index is 1.88. The highest BCUT2D eigenvalue weighted by atomic mass is 32.2. The summed E-state index contributed by atoms with van der Waals surface area (Å²) in [5.41, 5.74) is 2.40. The molecule has 1 heterocycles. The summed E-state index contributed by atoms with van der Waals surface area (Å²) in [6.07, 6.45) is 3.90. The molecule has 0 bridgehead atoms. The lowest BCUT2D eigenvalue weighted by Gasteiger charge is -2.26. The van der Waals surface area contributed by atoms with Crippen LogP contribution in [0.3, 0.4) is 0 Å². The number of nitrogens with zero attached hydrogens (tertiary/aromatic N) is 1. The molecule has 6 heteroatoms. The summed E-state index contributed by atoms with van der Waals surface area (Å²) in [6.45, 7) is 6.58. The molecule has 1 aliphatic heterocycles. The van der Waals surface area contributed by atoms with Gasteiger partial charge in [-0.05, 0) is 48.1 Å². The standard InChI is InChI=1S/C19H30NO3PS/c1-19(2,3)15-6-8-16(9-7-15)20-17(10-11-18(20)21)14-25-13-5-4-12-24(22)23/h6-9,17,22-23H,4-5,10-14H2,1-3H3/t17-/m0/s1. The maximum absolute atomic E-state index is 12.3. The minimum atomic E-state index is -1.75. The highest BCUT2D eigenvalue weighted by Crippen LogP contribution is 2.31. The second-order valence-corrected chi connectivity index (χ2v) is 9.97. The third-order valence-corrected chi connectivity index (χ3v) is 6.46. The van der Waals surface area contributed by atoms with Crippen LogP contribution in [0.25, 0.3) is 0 Å². The number of unbranched alkanes of at least 4 members (excludes halogenated alkanes) is 1. The zero-order chi connectivity index (χ0) is 18.4. The van der Waals surface area contributed by atoms with Gasteiger partial charge in [-0.2, -0.15) is 11.8 Å². The monoisotopic (exact) mass is 383 g/mol. The van der Waals surface area contributed by atoms with Crippen molar-refractivity contribution in [3.05, 3.63) is 29.8 Å². The Morgan fingerprint density at radius 1 is 1.20 bits per heavy atom. The van der Waals surface area contributed by atoms with Crippen molar-refractivity contribution in [2.75, 3.05) is 22.6 Å². The Bertz CT molecular complexity index is 557. The summed E-state index contributed by atoms with van der Waals surface area (Å²) in [7, 11) is -1.75. The fraction of sp³-hybridized carbons (Fsp3) is 0.632. The van der Waals surface area contributed by atoms with Crippen LogP contribution in [0, 0.1) is 0 Å². The SMILES string of the molecule is CC(C)(C)c1ccc(N2C(=O)CC[C@H]2CSCCCCP(O)O)cc1. The van der Waals surface area contributed by atoms with Crippen molar-refractivity contribution in [3.63, 3.8) is 0 Å². The van der Waals surface area contributed by atoms with Crippen molar-refractivity contribution in [1.29, 1.82) is 0 Å². The van der Waals surface area contributed by atoms with Gasteiger partial charge in [-0.3, -0.25) is 4.79 Å². The van der Waals surface area contributed by atoms with Crippen molar-refractivity contribution >= 4 is 31.7 Å². The molecule has 2 N–H and O–H groups in total. The van der Waals surface area contributed by atoms with E-state index in [-0.39, 0.29) is 17.4 Å². The van der Waals surface area contributed by atoms with Crippen molar-refractivity contribution in [2.45, 2.75) is 57.9 Å². The van der Waals surface area contributed by atoms with Crippen LogP contribution in [0.5, 0.6) is 0 Å². The fourth-order valence-electron chi connectivity index (χ4n) is 3.05. The summed E-state index contributed by atoms with van der Waals surface area (Å²) in [4.78, 5) is 32.1. The van der Waals surface area contributed by atoms with E-state index in [4.69, 9.17) is 9.79 Å². The third kappa shape index (κ3) is 6.25. The van der Waals surface area contributed by atoms with Crippen LogP contribution >= 0.6 is 20.1 Å². The van der Waals surface area contributed by atoms with Crippen LogP contribution in [0.4, 0.5) is 5.69 Å². The molecule has 0 unspecified atom stereocenters. The van der Waals surface area contributed by atoms with E-state index in [9.17, 15) is 4.79 Å². The molecule has 0 radical (unpaired) electrons. The van der Waals surface area contributed by atoms with E-state index in [2.05, 4.69) is 45.0 Å². The number of carbonyl (C=O) groups excluding carboxylic acids is 1. The molecule has 1 amide bonds. The Hall–Kier alpha value is -0.610. The summed E-state index contributed by atoms with van der Waals surface area (Å²) in [5.74, 6) is 2.17. The normalized spacial score (nSPS) is 18.4. The first-order valence-corrected chi connectivity index (χ1v) is 11.5. The summed E-state index contributed by atoms with van der Waals surface area (Å²) in [5, 5.41) is 0. The molecule has 140 valence electrons. The first-order chi connectivity index (χ1) is 11.8. The van der Waals surface area contributed by atoms with Crippen molar-refractivity contribution in [2.24, 2.45) is 0 Å². The Labute approximate surface area is 156 Å². The zero-order valence-corrected chi connectivity index (χ0v) is 17.2. The summed E-state index contributed by atoms with van der Waals surface area (Å²) >= 11 is 1.86. The highest BCUT2D eigenvalue weighted by Gasteiger charge is 2.32. The predicted octanol–water partition coefficient (Wildman–Crippen LogP) is 4.29. The molecule has 1 atom stereocenters. The number of rotatable bonds is 8. The van der Waals surface area contributed by atoms with Gasteiger partial charge in [0.25, 0.3) is 0 Å². The average molecular weight is 383 g/mol. The molecule has 25 heavy (non-hydrogen) atoms. The lowest BCUT2D eigenvalue weighted by molar-refractivity contribution is -0.117. The lowest BCUT2D eigenvalue weighted by Crippen LogP contribution is -2.34. The van der Waals surface area contributed by atoms with Crippen LogP contribution in [0.1, 0.15) is 52.0 Å². The molecule has 1 aromatic rings. The fourth-order valence-corrected chi connectivity index (χ4v) is 4.72. The molecule has 1 aliphatic rings. The number of hydrogen-bond donors (Lipinski definition) is 2. The van der Waals surface area contributed by atoms with Gasteiger partial charge < -0.3 is 14.7 Å². The van der Waals surface area contributed by atoms with Gasteiger partial charge in [0.15, 0.2) is 8.38 Å². The first kappa shape index (κ1) is 20.7. The lowest BCUT2D eigenvalue weighted by atomic mass is 9.87. The van der Waals surface area contributed by atoms with Gasteiger partial charge in [0.2, 0.25) is 5.91 Å². The molecule has 0 aromatic heterocycles. The minimum absolute atomic E-state index is 0.117. The maximum Gasteiger partial charge on any atom is 0.227 e. The summed E-state index contributed by atoms with van der Waals surface area (Å²) in [6, 6.07) is 8.68. The number of hydrogen-bond acceptors (Lipinski definition) is 4. The molecule has 1 saturated heterocycles. The van der Waals surface area contributed by atoms with Gasteiger partial charge in [0, 0.05) is 30.1 Å². The zero-order valence-electron chi connectivity index (χ0n) is 15.4. The Morgan fingerprint density at radius 2 is 1.88 bits per heavy atom. The van der Waals surface area contributed by atoms with E-state index in [0.717, 1.165) is 36.5 Å². The van der Waals surface area contributed by atoms with Gasteiger partial charge in [-0.1, -0.05) is 32.9 Å². The van der Waals surface area contributed by atoms with Gasteiger partial charge >= 0.3 is 0 Å². The van der Waals surface area contributed by atoms with Crippen LogP contribution in [-0.4, -0.2) is 39.4 Å². The Kier molecular flexibility index (Phi) is 7.75. The van der Waals surface area contributed by atoms with E-state index < -0.39 is 8.38 Å². The molecule has 1 aromatic carbocycles. The van der Waals surface area contributed by atoms with Gasteiger partial charge in [-0.25, -0.2) is 0 Å². The average Bonchev–Trinajstić information content (AvgIpc) is 2.90. The van der Waals surface area contributed by atoms with Crippen LogP contribution in [0.15, 0.2) is 24.3 Å². The van der Waals surface area contributed by atoms with Crippen molar-refractivity contribution < 1.29 is 14.6 Å². The molecule has 2 rings (SSSR count). The smallest absolute Gasteiger partial charge is 0.227 e. The van der Waals surface area contributed by atoms with Gasteiger partial charge in [-0.15, -0.1) is 0 Å². The highest BCUT2D eigenvalue weighted by molar-refractivity contribution is 7.99. The van der Waals surface area contributed by atoms with Crippen molar-refractivity contribution in [1.82, 2.24) is 0 Å². The number of benzene rings is 1. The predicted molar refractivity (Wildman–Crippen MR) is 108 cm³/mol. The van der Waals surface area contributed by atoms with E-state index in [1.807, 2.05) is 16.7 Å². The maximum atomic E-state index is 12.3. The first-order valence-electron chi connectivity index (χ1n) is 8.94. The van der Waals surface area contributed by atoms with E-state index >= 15 is 0 Å². The molecule has 0 aliphatic carbocycles. The van der Waals surface area contributed by atoms with E-state index in [1.165, 1.54) is 5.56 Å². The second-order valence-electron chi connectivity index (χ2n) is 7.63. The molecule has 4 nitrogen and oxygen atoms in total. The van der Waals surface area contributed by atoms with Crippen LogP contribution in [0.2, 0.25) is 0 Å². The molecule has 0 spiro atoms. The van der Waals surface area contributed by atoms with Gasteiger partial charge in [0.1, 0.15) is 0 Å². The quantitative estimate of drug-likeness (QED) is 0.519. The third-order valence-electron chi connectivity index (χ3n) is 4.54. The largest absolute Gasteiger partial charge is 0.350 e. The topological polar surface area (TPSA) is 60.8 Å². The molecular formula is C19H30NO3PS. The second kappa shape index (κ2) is 9.36. The number of amides is 1.